The van der Waals surface area contributed by atoms with Crippen LogP contribution in [-0.2, 0) is 12.8 Å². The average molecular weight is 439 g/mol. The first-order valence-electron chi connectivity index (χ1n) is 10.7. The summed E-state index contributed by atoms with van der Waals surface area (Å²) in [5, 5.41) is 9.62. The number of H-pyrrole nitrogens is 2. The van der Waals surface area contributed by atoms with Gasteiger partial charge in [0.1, 0.15) is 17.1 Å². The van der Waals surface area contributed by atoms with Crippen LogP contribution in [0.4, 0.5) is 0 Å². The minimum absolute atomic E-state index is 0.875. The van der Waals surface area contributed by atoms with Crippen molar-refractivity contribution in [3.8, 4) is 11.5 Å². The third kappa shape index (κ3) is 5.77. The second-order valence-corrected chi connectivity index (χ2v) is 8.24. The van der Waals surface area contributed by atoms with E-state index < -0.39 is 0 Å². The number of rotatable bonds is 8. The van der Waals surface area contributed by atoms with Crippen molar-refractivity contribution in [1.29, 1.82) is 0 Å². The molecular formula is C24H34N6O2. The maximum absolute atomic E-state index is 5.36. The molecule has 0 atom stereocenters. The Bertz CT molecular complexity index is 1130. The lowest BCUT2D eigenvalue weighted by atomic mass is 10.1. The van der Waals surface area contributed by atoms with Crippen LogP contribution in [0.25, 0.3) is 21.9 Å². The predicted octanol–water partition coefficient (Wildman–Crippen LogP) is 3.35. The number of benzene rings is 1. The molecule has 4 rings (SSSR count). The van der Waals surface area contributed by atoms with Gasteiger partial charge in [-0.15, -0.1) is 0 Å². The molecule has 0 bridgehead atoms. The van der Waals surface area contributed by atoms with Crippen LogP contribution < -0.4 is 9.47 Å². The summed E-state index contributed by atoms with van der Waals surface area (Å²) in [5.74, 6) is 1.76. The molecule has 0 aliphatic heterocycles. The first kappa shape index (κ1) is 23.6. The van der Waals surface area contributed by atoms with E-state index in [1.54, 1.807) is 20.4 Å². The number of ether oxygens (including phenoxy) is 2. The molecule has 3 aromatic heterocycles. The van der Waals surface area contributed by atoms with Gasteiger partial charge in [0.2, 0.25) is 0 Å². The van der Waals surface area contributed by atoms with Gasteiger partial charge in [0.25, 0.3) is 0 Å². The van der Waals surface area contributed by atoms with Crippen molar-refractivity contribution in [3.63, 3.8) is 0 Å². The molecule has 4 aromatic rings. The molecule has 0 spiro atoms. The Hall–Kier alpha value is -3.10. The molecule has 0 aliphatic carbocycles. The van der Waals surface area contributed by atoms with Crippen molar-refractivity contribution in [2.45, 2.75) is 12.8 Å². The Morgan fingerprint density at radius 3 is 2.38 bits per heavy atom. The summed E-state index contributed by atoms with van der Waals surface area (Å²) >= 11 is 0. The van der Waals surface area contributed by atoms with E-state index in [4.69, 9.17) is 9.47 Å². The van der Waals surface area contributed by atoms with E-state index in [0.29, 0.717) is 0 Å². The molecule has 0 saturated heterocycles. The standard InChI is InChI=1S/2C12H17N3O/c1-15(2)7-5-9-8-14-12-11(9)10(16-3)4-6-13-12;1-15(2)7-6-12-10-8-9(16-3)4-5-11(10)13-14-12/h4,6,8H,5,7H2,1-3H3,(H,13,14);4-5,8H,6-7H2,1-3H3,(H,13,14). The lowest BCUT2D eigenvalue weighted by Gasteiger charge is -2.09. The van der Waals surface area contributed by atoms with E-state index >= 15 is 0 Å². The van der Waals surface area contributed by atoms with Crippen LogP contribution in [0.2, 0.25) is 0 Å². The first-order chi connectivity index (χ1) is 15.4. The molecule has 0 aliphatic rings. The number of hydrogen-bond acceptors (Lipinski definition) is 6. The van der Waals surface area contributed by atoms with Crippen LogP contribution in [0, 0.1) is 0 Å². The van der Waals surface area contributed by atoms with Crippen LogP contribution in [-0.4, -0.2) is 85.5 Å². The zero-order chi connectivity index (χ0) is 23.1. The van der Waals surface area contributed by atoms with Crippen molar-refractivity contribution in [2.75, 3.05) is 55.5 Å². The number of likely N-dealkylation sites (N-methyl/N-ethyl adjacent to an activating group) is 2. The lowest BCUT2D eigenvalue weighted by Crippen LogP contribution is -2.15. The van der Waals surface area contributed by atoms with E-state index in [1.807, 2.05) is 30.5 Å². The van der Waals surface area contributed by atoms with Crippen LogP contribution in [0.15, 0.2) is 36.7 Å². The number of hydrogen-bond donors (Lipinski definition) is 2. The highest BCUT2D eigenvalue weighted by Gasteiger charge is 2.10. The third-order valence-electron chi connectivity index (χ3n) is 5.31. The number of fused-ring (bicyclic) bond motifs is 2. The maximum Gasteiger partial charge on any atom is 0.141 e. The van der Waals surface area contributed by atoms with Gasteiger partial charge < -0.3 is 24.3 Å². The molecule has 0 unspecified atom stereocenters. The van der Waals surface area contributed by atoms with Crippen molar-refractivity contribution in [1.82, 2.24) is 30.0 Å². The molecule has 0 amide bonds. The minimum atomic E-state index is 0.875. The van der Waals surface area contributed by atoms with E-state index in [9.17, 15) is 0 Å². The zero-order valence-corrected chi connectivity index (χ0v) is 19.9. The van der Waals surface area contributed by atoms with Gasteiger partial charge >= 0.3 is 0 Å². The SMILES string of the molecule is COc1ccc2n[nH]c(CCN(C)C)c2c1.COc1ccnc2[nH]cc(CCN(C)C)c12. The van der Waals surface area contributed by atoms with Crippen LogP contribution >= 0.6 is 0 Å². The smallest absolute Gasteiger partial charge is 0.141 e. The molecule has 172 valence electrons. The Balaban J connectivity index is 0.000000181. The quantitative estimate of drug-likeness (QED) is 0.439. The summed E-state index contributed by atoms with van der Waals surface area (Å²) in [6.45, 7) is 2.03. The topological polar surface area (TPSA) is 82.3 Å². The lowest BCUT2D eigenvalue weighted by molar-refractivity contribution is 0.411. The minimum Gasteiger partial charge on any atom is -0.497 e. The fraction of sp³-hybridized carbons (Fsp3) is 0.417. The molecule has 2 N–H and O–H groups in total. The molecule has 0 fully saturated rings. The van der Waals surface area contributed by atoms with E-state index in [0.717, 1.165) is 59.4 Å². The Labute approximate surface area is 189 Å². The average Bonchev–Trinajstić information content (AvgIpc) is 3.40. The number of pyridine rings is 1. The Morgan fingerprint density at radius 1 is 0.938 bits per heavy atom. The first-order valence-corrected chi connectivity index (χ1v) is 10.7. The second kappa shape index (κ2) is 11.0. The van der Waals surface area contributed by atoms with Crippen molar-refractivity contribution in [3.05, 3.63) is 47.9 Å². The van der Waals surface area contributed by atoms with Gasteiger partial charge in [-0.05, 0) is 64.4 Å². The number of aromatic amines is 2. The summed E-state index contributed by atoms with van der Waals surface area (Å²) in [5.41, 5.74) is 4.32. The number of nitrogens with zero attached hydrogens (tertiary/aromatic N) is 4. The summed E-state index contributed by atoms with van der Waals surface area (Å²) < 4.78 is 10.6. The zero-order valence-electron chi connectivity index (χ0n) is 19.9. The van der Waals surface area contributed by atoms with E-state index in [-0.39, 0.29) is 0 Å². The monoisotopic (exact) mass is 438 g/mol. The summed E-state index contributed by atoms with van der Waals surface area (Å²) in [6, 6.07) is 7.84. The van der Waals surface area contributed by atoms with Crippen molar-refractivity contribution < 1.29 is 9.47 Å². The number of methoxy groups -OCH3 is 2. The third-order valence-corrected chi connectivity index (χ3v) is 5.31. The fourth-order valence-electron chi connectivity index (χ4n) is 3.50. The van der Waals surface area contributed by atoms with Crippen LogP contribution in [0.1, 0.15) is 11.3 Å². The van der Waals surface area contributed by atoms with Gasteiger partial charge in [-0.1, -0.05) is 0 Å². The van der Waals surface area contributed by atoms with Gasteiger partial charge in [-0.25, -0.2) is 4.98 Å². The summed E-state index contributed by atoms with van der Waals surface area (Å²) in [6.07, 6.45) is 5.74. The molecule has 0 saturated carbocycles. The van der Waals surface area contributed by atoms with Crippen LogP contribution in [0.5, 0.6) is 11.5 Å². The molecule has 0 radical (unpaired) electrons. The maximum atomic E-state index is 5.36. The molecule has 3 heterocycles. The highest BCUT2D eigenvalue weighted by molar-refractivity contribution is 5.86. The van der Waals surface area contributed by atoms with Gasteiger partial charge in [0.05, 0.1) is 25.1 Å². The molecular weight excluding hydrogens is 404 g/mol. The van der Waals surface area contributed by atoms with Gasteiger partial charge in [0.15, 0.2) is 0 Å². The fourth-order valence-corrected chi connectivity index (χ4v) is 3.50. The van der Waals surface area contributed by atoms with E-state index in [1.165, 1.54) is 11.3 Å². The number of nitrogens with one attached hydrogen (secondary N) is 2. The normalized spacial score (nSPS) is 11.2. The van der Waals surface area contributed by atoms with E-state index in [2.05, 4.69) is 58.2 Å². The molecule has 32 heavy (non-hydrogen) atoms. The highest BCUT2D eigenvalue weighted by Crippen LogP contribution is 2.27. The molecule has 1 aromatic carbocycles. The molecule has 8 nitrogen and oxygen atoms in total. The summed E-state index contributed by atoms with van der Waals surface area (Å²) in [4.78, 5) is 11.8. The Morgan fingerprint density at radius 2 is 1.69 bits per heavy atom. The van der Waals surface area contributed by atoms with Gasteiger partial charge in [-0.2, -0.15) is 5.10 Å². The summed E-state index contributed by atoms with van der Waals surface area (Å²) in [7, 11) is 11.7. The van der Waals surface area contributed by atoms with Crippen molar-refractivity contribution in [2.24, 2.45) is 0 Å². The molecule has 8 heteroatoms. The second-order valence-electron chi connectivity index (χ2n) is 8.24. The number of aromatic nitrogens is 4. The Kier molecular flexibility index (Phi) is 8.08. The van der Waals surface area contributed by atoms with Gasteiger partial charge in [-0.3, -0.25) is 5.10 Å². The van der Waals surface area contributed by atoms with Crippen molar-refractivity contribution >= 4 is 21.9 Å². The highest BCUT2D eigenvalue weighted by atomic mass is 16.5. The predicted molar refractivity (Wildman–Crippen MR) is 130 cm³/mol. The largest absolute Gasteiger partial charge is 0.497 e. The van der Waals surface area contributed by atoms with Gasteiger partial charge in [0, 0.05) is 43.0 Å². The van der Waals surface area contributed by atoms with Crippen LogP contribution in [0.3, 0.4) is 0 Å².